The minimum Gasteiger partial charge on any atom is -0.494 e. The van der Waals surface area contributed by atoms with Crippen LogP contribution in [-0.2, 0) is 0 Å². The first kappa shape index (κ1) is 27.1. The number of nitro benzene ring substituents is 1. The molecule has 8 nitrogen and oxygen atoms in total. The van der Waals surface area contributed by atoms with E-state index in [2.05, 4.69) is 9.88 Å². The van der Waals surface area contributed by atoms with E-state index in [4.69, 9.17) is 27.9 Å². The van der Waals surface area contributed by atoms with Crippen molar-refractivity contribution in [2.45, 2.75) is 13.8 Å². The number of nitrogens with zero attached hydrogens (tertiary/aromatic N) is 4. The zero-order valence-electron chi connectivity index (χ0n) is 18.2. The Kier molecular flexibility index (Phi) is 9.69. The molecule has 2 aromatic carbocycles. The molecule has 1 aromatic heterocycles. The highest BCUT2D eigenvalue weighted by atomic mass is 35.5. The van der Waals surface area contributed by atoms with Crippen LogP contribution in [0.3, 0.4) is 0 Å². The Balaban J connectivity index is 0.00000385. The largest absolute Gasteiger partial charge is 0.494 e. The Morgan fingerprint density at radius 3 is 2.48 bits per heavy atom. The fourth-order valence-corrected chi connectivity index (χ4v) is 4.72. The lowest BCUT2D eigenvalue weighted by Gasteiger charge is -2.24. The number of halogens is 3. The number of thiazole rings is 1. The average Bonchev–Trinajstić information content (AvgIpc) is 3.22. The van der Waals surface area contributed by atoms with Gasteiger partial charge in [0.1, 0.15) is 16.8 Å². The van der Waals surface area contributed by atoms with Gasteiger partial charge in [0, 0.05) is 24.2 Å². The van der Waals surface area contributed by atoms with Crippen molar-refractivity contribution < 1.29 is 14.5 Å². The molecule has 0 spiro atoms. The highest BCUT2D eigenvalue weighted by Gasteiger charge is 2.29. The van der Waals surface area contributed by atoms with Crippen LogP contribution >= 0.6 is 46.9 Å². The summed E-state index contributed by atoms with van der Waals surface area (Å²) in [6.45, 7) is 6.50. The maximum absolute atomic E-state index is 13.6. The molecule has 0 saturated carbocycles. The van der Waals surface area contributed by atoms with Gasteiger partial charge in [-0.05, 0) is 37.4 Å². The van der Waals surface area contributed by atoms with E-state index in [1.807, 2.05) is 13.8 Å². The van der Waals surface area contributed by atoms with Crippen molar-refractivity contribution >= 4 is 73.9 Å². The van der Waals surface area contributed by atoms with Crippen LogP contribution in [0.2, 0.25) is 10.0 Å². The number of likely N-dealkylation sites (N-methyl/N-ethyl adjacent to an activating group) is 1. The quantitative estimate of drug-likeness (QED) is 0.250. The van der Waals surface area contributed by atoms with Crippen molar-refractivity contribution in [2.24, 2.45) is 0 Å². The monoisotopic (exact) mass is 532 g/mol. The number of hydrogen-bond acceptors (Lipinski definition) is 7. The molecule has 0 bridgehead atoms. The summed E-state index contributed by atoms with van der Waals surface area (Å²) in [4.78, 5) is 32.7. The minimum absolute atomic E-state index is 0. The first-order chi connectivity index (χ1) is 15.3. The van der Waals surface area contributed by atoms with E-state index >= 15 is 0 Å². The summed E-state index contributed by atoms with van der Waals surface area (Å²) >= 11 is 13.7. The number of fused-ring (bicyclic) bond motifs is 1. The second-order valence-corrected chi connectivity index (χ2v) is 8.65. The lowest BCUT2D eigenvalue weighted by atomic mass is 10.1. The van der Waals surface area contributed by atoms with Crippen LogP contribution in [-0.4, -0.2) is 54.0 Å². The second kappa shape index (κ2) is 11.8. The van der Waals surface area contributed by atoms with Crippen molar-refractivity contribution in [3.63, 3.8) is 0 Å². The van der Waals surface area contributed by atoms with Crippen molar-refractivity contribution in [3.05, 3.63) is 56.1 Å². The zero-order chi connectivity index (χ0) is 23.4. The number of hydrogen-bond donors (Lipinski definition) is 0. The van der Waals surface area contributed by atoms with Gasteiger partial charge in [0.25, 0.3) is 11.6 Å². The lowest BCUT2D eigenvalue weighted by Crippen LogP contribution is -2.39. The van der Waals surface area contributed by atoms with Gasteiger partial charge in [0.05, 0.1) is 21.8 Å². The zero-order valence-corrected chi connectivity index (χ0v) is 21.4. The third-order valence-corrected chi connectivity index (χ3v) is 6.84. The number of carbonyl (C=O) groups excluding carboxylic acids is 1. The van der Waals surface area contributed by atoms with Gasteiger partial charge in [0.15, 0.2) is 5.13 Å². The van der Waals surface area contributed by atoms with Crippen LogP contribution in [0.25, 0.3) is 10.2 Å². The van der Waals surface area contributed by atoms with Crippen LogP contribution in [0.5, 0.6) is 5.75 Å². The molecule has 12 heteroatoms. The first-order valence-corrected chi connectivity index (χ1v) is 11.5. The molecular formula is C21H23Cl3N4O4S. The number of anilines is 1. The van der Waals surface area contributed by atoms with Gasteiger partial charge in [-0.1, -0.05) is 48.4 Å². The number of ether oxygens (including phenoxy) is 1. The molecular weight excluding hydrogens is 511 g/mol. The predicted octanol–water partition coefficient (Wildman–Crippen LogP) is 5.93. The van der Waals surface area contributed by atoms with E-state index in [1.165, 1.54) is 41.5 Å². The van der Waals surface area contributed by atoms with Crippen molar-refractivity contribution in [2.75, 3.05) is 38.2 Å². The van der Waals surface area contributed by atoms with Gasteiger partial charge >= 0.3 is 0 Å². The van der Waals surface area contributed by atoms with Crippen molar-refractivity contribution in [3.8, 4) is 5.75 Å². The number of nitro groups is 1. The van der Waals surface area contributed by atoms with E-state index in [9.17, 15) is 14.9 Å². The highest BCUT2D eigenvalue weighted by Crippen LogP contribution is 2.39. The molecule has 0 aliphatic rings. The number of aromatic nitrogens is 1. The van der Waals surface area contributed by atoms with Gasteiger partial charge in [-0.25, -0.2) is 4.98 Å². The van der Waals surface area contributed by atoms with Gasteiger partial charge in [0.2, 0.25) is 0 Å². The third kappa shape index (κ3) is 5.85. The summed E-state index contributed by atoms with van der Waals surface area (Å²) in [5.74, 6) is -0.0303. The maximum Gasteiger partial charge on any atom is 0.282 e. The van der Waals surface area contributed by atoms with Gasteiger partial charge in [-0.15, -0.1) is 12.4 Å². The summed E-state index contributed by atoms with van der Waals surface area (Å²) < 4.78 is 6.06. The number of benzene rings is 2. The van der Waals surface area contributed by atoms with Crippen LogP contribution in [0.4, 0.5) is 10.8 Å². The van der Waals surface area contributed by atoms with E-state index in [-0.39, 0.29) is 35.2 Å². The van der Waals surface area contributed by atoms with Gasteiger partial charge in [-0.3, -0.25) is 19.8 Å². The summed E-state index contributed by atoms with van der Waals surface area (Å²) in [7, 11) is 1.53. The van der Waals surface area contributed by atoms with Crippen LogP contribution in [0.1, 0.15) is 24.2 Å². The predicted molar refractivity (Wildman–Crippen MR) is 136 cm³/mol. The topological polar surface area (TPSA) is 88.8 Å². The van der Waals surface area contributed by atoms with Gasteiger partial charge < -0.3 is 9.64 Å². The molecule has 0 fully saturated rings. The Labute approximate surface area is 211 Å². The number of amides is 1. The minimum atomic E-state index is -0.593. The summed E-state index contributed by atoms with van der Waals surface area (Å²) in [5.41, 5.74) is 0.115. The fourth-order valence-electron chi connectivity index (χ4n) is 3.27. The lowest BCUT2D eigenvalue weighted by molar-refractivity contribution is -0.385. The molecule has 0 aliphatic carbocycles. The first-order valence-electron chi connectivity index (χ1n) is 9.91. The normalized spacial score (nSPS) is 10.8. The van der Waals surface area contributed by atoms with E-state index < -0.39 is 10.8 Å². The number of rotatable bonds is 9. The Hall–Kier alpha value is -2.17. The highest BCUT2D eigenvalue weighted by molar-refractivity contribution is 7.23. The van der Waals surface area contributed by atoms with Crippen LogP contribution in [0, 0.1) is 10.1 Å². The van der Waals surface area contributed by atoms with Crippen LogP contribution < -0.4 is 9.64 Å². The molecule has 1 heterocycles. The smallest absolute Gasteiger partial charge is 0.282 e. The molecule has 0 saturated heterocycles. The molecule has 0 unspecified atom stereocenters. The van der Waals surface area contributed by atoms with Crippen LogP contribution in [0.15, 0.2) is 30.3 Å². The standard InChI is InChI=1S/C21H22Cl2N4O4S.ClH/c1-4-25(5-2)10-11-26(20(28)14-12-13(22)6-8-16(14)27(29)30)21-24-18-17(31-3)9-7-15(23)19(18)32-21;/h6-9,12H,4-5,10-11H2,1-3H3;1H. The third-order valence-electron chi connectivity index (χ3n) is 5.06. The Morgan fingerprint density at radius 1 is 1.18 bits per heavy atom. The average molecular weight is 534 g/mol. The van der Waals surface area contributed by atoms with Crippen molar-refractivity contribution in [1.29, 1.82) is 0 Å². The molecule has 33 heavy (non-hydrogen) atoms. The summed E-state index contributed by atoms with van der Waals surface area (Å²) in [6, 6.07) is 7.34. The second-order valence-electron chi connectivity index (χ2n) is 6.83. The Morgan fingerprint density at radius 2 is 1.88 bits per heavy atom. The Bertz CT molecular complexity index is 1150. The number of methoxy groups -OCH3 is 1. The molecule has 0 radical (unpaired) electrons. The molecule has 3 aromatic rings. The summed E-state index contributed by atoms with van der Waals surface area (Å²) in [6.07, 6.45) is 0. The van der Waals surface area contributed by atoms with E-state index in [0.717, 1.165) is 13.1 Å². The SMILES string of the molecule is CCN(CC)CCN(C(=O)c1cc(Cl)ccc1[N+](=O)[O-])c1nc2c(OC)ccc(Cl)c2s1.Cl. The summed E-state index contributed by atoms with van der Waals surface area (Å²) in [5, 5.41) is 12.6. The number of carbonyl (C=O) groups is 1. The molecule has 0 N–H and O–H groups in total. The van der Waals surface area contributed by atoms with E-state index in [0.29, 0.717) is 32.7 Å². The molecule has 0 aliphatic heterocycles. The van der Waals surface area contributed by atoms with E-state index in [1.54, 1.807) is 12.1 Å². The molecule has 1 amide bonds. The molecule has 0 atom stereocenters. The maximum atomic E-state index is 13.6. The molecule has 178 valence electrons. The molecule has 3 rings (SSSR count). The fraction of sp³-hybridized carbons (Fsp3) is 0.333. The van der Waals surface area contributed by atoms with Gasteiger partial charge in [-0.2, -0.15) is 0 Å². The van der Waals surface area contributed by atoms with Crippen molar-refractivity contribution in [1.82, 2.24) is 9.88 Å².